The van der Waals surface area contributed by atoms with Crippen molar-refractivity contribution in [1.82, 2.24) is 0 Å². The van der Waals surface area contributed by atoms with Gasteiger partial charge in [0.15, 0.2) is 0 Å². The van der Waals surface area contributed by atoms with Gasteiger partial charge in [0, 0.05) is 5.56 Å². The fourth-order valence-corrected chi connectivity index (χ4v) is 0.996. The highest BCUT2D eigenvalue weighted by Crippen LogP contribution is 2.14. The Kier molecular flexibility index (Phi) is 6.03. The van der Waals surface area contributed by atoms with Gasteiger partial charge in [-0.1, -0.05) is 32.4 Å². The summed E-state index contributed by atoms with van der Waals surface area (Å²) in [5.74, 6) is 1.97. The van der Waals surface area contributed by atoms with Gasteiger partial charge in [0.2, 0.25) is 0 Å². The minimum Gasteiger partial charge on any atom is -0.466 e. The highest BCUT2D eigenvalue weighted by molar-refractivity contribution is 5.51. The van der Waals surface area contributed by atoms with Crippen molar-refractivity contribution in [3.05, 3.63) is 29.2 Å². The Hall–Kier alpha value is -0.980. The molecule has 0 radical (unpaired) electrons. The normalized spacial score (nSPS) is 9.92. The predicted octanol–water partition coefficient (Wildman–Crippen LogP) is 4.35. The molecule has 0 amide bonds. The van der Waals surface area contributed by atoms with Crippen molar-refractivity contribution in [3.8, 4) is 0 Å². The molecule has 1 nitrogen and oxygen atoms in total. The maximum atomic E-state index is 5.32. The van der Waals surface area contributed by atoms with Gasteiger partial charge in [-0.2, -0.15) is 0 Å². The van der Waals surface area contributed by atoms with Crippen LogP contribution in [0, 0.1) is 13.8 Å². The maximum Gasteiger partial charge on any atom is 0.108 e. The molecule has 0 aromatic carbocycles. The van der Waals surface area contributed by atoms with Gasteiger partial charge < -0.3 is 4.42 Å². The van der Waals surface area contributed by atoms with Crippen LogP contribution in [0.15, 0.2) is 16.6 Å². The maximum absolute atomic E-state index is 5.32. The number of allylic oxidation sites excluding steroid dienone is 1. The molecule has 0 aliphatic heterocycles. The molecule has 0 saturated carbocycles. The molecule has 0 unspecified atom stereocenters. The van der Waals surface area contributed by atoms with Crippen LogP contribution in [0.2, 0.25) is 0 Å². The third-order valence-electron chi connectivity index (χ3n) is 1.43. The minimum atomic E-state index is 0.977. The van der Waals surface area contributed by atoms with E-state index in [1.165, 1.54) is 12.0 Å². The number of furan rings is 1. The van der Waals surface area contributed by atoms with E-state index in [1.54, 1.807) is 0 Å². The highest BCUT2D eigenvalue weighted by Gasteiger charge is 1.98. The molecule has 0 fully saturated rings. The Labute approximate surface area is 81.5 Å². The van der Waals surface area contributed by atoms with E-state index < -0.39 is 0 Å². The van der Waals surface area contributed by atoms with E-state index in [4.69, 9.17) is 4.42 Å². The van der Waals surface area contributed by atoms with Gasteiger partial charge >= 0.3 is 0 Å². The number of rotatable bonds is 1. The molecule has 0 spiro atoms. The summed E-state index contributed by atoms with van der Waals surface area (Å²) in [6, 6.07) is 2.04. The SMILES string of the molecule is C/C=C\c1cc(C)oc1C.CCC. The average molecular weight is 180 g/mol. The Bertz CT molecular complexity index is 256. The van der Waals surface area contributed by atoms with Crippen molar-refractivity contribution in [2.75, 3.05) is 0 Å². The first-order valence-electron chi connectivity index (χ1n) is 4.85. The largest absolute Gasteiger partial charge is 0.466 e. The summed E-state index contributed by atoms with van der Waals surface area (Å²) in [5.41, 5.74) is 1.18. The third-order valence-corrected chi connectivity index (χ3v) is 1.43. The van der Waals surface area contributed by atoms with Crippen LogP contribution in [-0.2, 0) is 0 Å². The highest BCUT2D eigenvalue weighted by atomic mass is 16.3. The first kappa shape index (κ1) is 12.0. The Morgan fingerprint density at radius 2 is 1.85 bits per heavy atom. The van der Waals surface area contributed by atoms with Crippen molar-refractivity contribution in [3.63, 3.8) is 0 Å². The summed E-state index contributed by atoms with van der Waals surface area (Å²) in [7, 11) is 0. The van der Waals surface area contributed by atoms with Gasteiger partial charge in [-0.25, -0.2) is 0 Å². The third kappa shape index (κ3) is 4.56. The second-order valence-electron chi connectivity index (χ2n) is 3.08. The van der Waals surface area contributed by atoms with Crippen molar-refractivity contribution in [1.29, 1.82) is 0 Å². The standard InChI is InChI=1S/C9H12O.C3H8/c1-4-5-9-6-7(2)10-8(9)3;1-3-2/h4-6H,1-3H3;3H2,1-2H3/b5-4-;. The summed E-state index contributed by atoms with van der Waals surface area (Å²) < 4.78 is 5.32. The molecular weight excluding hydrogens is 160 g/mol. The number of aryl methyl sites for hydroxylation is 2. The van der Waals surface area contributed by atoms with Crippen LogP contribution in [-0.4, -0.2) is 0 Å². The smallest absolute Gasteiger partial charge is 0.108 e. The van der Waals surface area contributed by atoms with E-state index in [9.17, 15) is 0 Å². The second kappa shape index (κ2) is 6.53. The van der Waals surface area contributed by atoms with Crippen LogP contribution in [0.4, 0.5) is 0 Å². The van der Waals surface area contributed by atoms with Gasteiger partial charge in [0.25, 0.3) is 0 Å². The van der Waals surface area contributed by atoms with E-state index in [2.05, 4.69) is 13.8 Å². The molecule has 1 rings (SSSR count). The van der Waals surface area contributed by atoms with Crippen LogP contribution in [0.25, 0.3) is 6.08 Å². The molecule has 0 bridgehead atoms. The average Bonchev–Trinajstić information content (AvgIpc) is 2.33. The quantitative estimate of drug-likeness (QED) is 0.626. The van der Waals surface area contributed by atoms with Crippen molar-refractivity contribution < 1.29 is 4.42 Å². The Balaban J connectivity index is 0.000000424. The first-order valence-corrected chi connectivity index (χ1v) is 4.85. The molecule has 0 aliphatic rings. The molecule has 74 valence electrons. The summed E-state index contributed by atoms with van der Waals surface area (Å²) in [4.78, 5) is 0. The van der Waals surface area contributed by atoms with E-state index >= 15 is 0 Å². The molecule has 1 heterocycles. The molecule has 0 N–H and O–H groups in total. The predicted molar refractivity (Wildman–Crippen MR) is 58.9 cm³/mol. The fourth-order valence-electron chi connectivity index (χ4n) is 0.996. The first-order chi connectivity index (χ1) is 6.15. The van der Waals surface area contributed by atoms with Gasteiger partial charge in [-0.05, 0) is 26.8 Å². The number of hydrogen-bond donors (Lipinski definition) is 0. The van der Waals surface area contributed by atoms with E-state index in [0.717, 1.165) is 11.5 Å². The fraction of sp³-hybridized carbons (Fsp3) is 0.500. The van der Waals surface area contributed by atoms with E-state index in [1.807, 2.05) is 39.0 Å². The molecule has 0 aliphatic carbocycles. The van der Waals surface area contributed by atoms with Crippen molar-refractivity contribution in [2.24, 2.45) is 0 Å². The zero-order valence-electron chi connectivity index (χ0n) is 9.35. The van der Waals surface area contributed by atoms with E-state index in [0.29, 0.717) is 0 Å². The Morgan fingerprint density at radius 3 is 2.15 bits per heavy atom. The molecular formula is C12H20O. The van der Waals surface area contributed by atoms with Gasteiger partial charge in [0.05, 0.1) is 0 Å². The van der Waals surface area contributed by atoms with E-state index in [-0.39, 0.29) is 0 Å². The molecule has 1 heteroatoms. The van der Waals surface area contributed by atoms with Crippen LogP contribution in [0.1, 0.15) is 44.3 Å². The molecule has 1 aromatic rings. The summed E-state index contributed by atoms with van der Waals surface area (Å²) in [6.07, 6.45) is 5.31. The molecule has 0 saturated heterocycles. The summed E-state index contributed by atoms with van der Waals surface area (Å²) in [6.45, 7) is 10.2. The zero-order chi connectivity index (χ0) is 10.3. The Morgan fingerprint density at radius 1 is 1.31 bits per heavy atom. The van der Waals surface area contributed by atoms with Crippen molar-refractivity contribution >= 4 is 6.08 Å². The van der Waals surface area contributed by atoms with Crippen LogP contribution < -0.4 is 0 Å². The lowest BCUT2D eigenvalue weighted by atomic mass is 10.2. The lowest BCUT2D eigenvalue weighted by Gasteiger charge is -1.83. The van der Waals surface area contributed by atoms with Gasteiger partial charge in [-0.3, -0.25) is 0 Å². The summed E-state index contributed by atoms with van der Waals surface area (Å²) in [5, 5.41) is 0. The van der Waals surface area contributed by atoms with Crippen LogP contribution in [0.3, 0.4) is 0 Å². The number of hydrogen-bond acceptors (Lipinski definition) is 1. The molecule has 13 heavy (non-hydrogen) atoms. The molecule has 0 atom stereocenters. The lowest BCUT2D eigenvalue weighted by Crippen LogP contribution is -1.66. The minimum absolute atomic E-state index is 0.977. The van der Waals surface area contributed by atoms with Crippen LogP contribution in [0.5, 0.6) is 0 Å². The lowest BCUT2D eigenvalue weighted by molar-refractivity contribution is 0.504. The topological polar surface area (TPSA) is 13.1 Å². The summed E-state index contributed by atoms with van der Waals surface area (Å²) >= 11 is 0. The second-order valence-corrected chi connectivity index (χ2v) is 3.08. The molecule has 1 aromatic heterocycles. The van der Waals surface area contributed by atoms with Crippen LogP contribution >= 0.6 is 0 Å². The van der Waals surface area contributed by atoms with Gasteiger partial charge in [-0.15, -0.1) is 0 Å². The van der Waals surface area contributed by atoms with Gasteiger partial charge in [0.1, 0.15) is 11.5 Å². The zero-order valence-corrected chi connectivity index (χ0v) is 9.35. The monoisotopic (exact) mass is 180 g/mol. The van der Waals surface area contributed by atoms with Crippen molar-refractivity contribution in [2.45, 2.75) is 41.0 Å².